The van der Waals surface area contributed by atoms with Gasteiger partial charge in [-0.1, -0.05) is 5.92 Å². The Hall–Kier alpha value is -0.520. The van der Waals surface area contributed by atoms with Gasteiger partial charge in [0, 0.05) is 19.8 Å². The van der Waals surface area contributed by atoms with Gasteiger partial charge < -0.3 is 10.4 Å². The molecule has 1 fully saturated rings. The number of fused-ring (bicyclic) bond motifs is 2. The summed E-state index contributed by atoms with van der Waals surface area (Å²) >= 11 is 0. The molecule has 2 heterocycles. The molecule has 3 atom stereocenters. The van der Waals surface area contributed by atoms with E-state index in [9.17, 15) is 0 Å². The molecule has 2 aliphatic heterocycles. The van der Waals surface area contributed by atoms with Crippen molar-refractivity contribution < 1.29 is 10.4 Å². The molecule has 0 amide bonds. The third-order valence-corrected chi connectivity index (χ3v) is 3.19. The molecule has 0 radical (unpaired) electrons. The van der Waals surface area contributed by atoms with Crippen LogP contribution < -0.4 is 4.90 Å². The summed E-state index contributed by atoms with van der Waals surface area (Å²) in [4.78, 5) is 1.64. The maximum absolute atomic E-state index is 3.35. The fourth-order valence-corrected chi connectivity index (χ4v) is 2.11. The van der Waals surface area contributed by atoms with Crippen LogP contribution in [0.25, 0.3) is 0 Å². The quantitative estimate of drug-likeness (QED) is 0.474. The van der Waals surface area contributed by atoms with Crippen molar-refractivity contribution in [1.82, 2.24) is 0 Å². The first-order valence-electron chi connectivity index (χ1n) is 4.06. The summed E-state index contributed by atoms with van der Waals surface area (Å²) in [5, 5.41) is 0. The predicted octanol–water partition coefficient (Wildman–Crippen LogP) is -0.347. The number of nitrogens with one attached hydrogen (secondary N) is 1. The van der Waals surface area contributed by atoms with E-state index in [1.807, 2.05) is 0 Å². The molecule has 2 aliphatic rings. The summed E-state index contributed by atoms with van der Waals surface area (Å²) in [6.07, 6.45) is 3.79. The van der Waals surface area contributed by atoms with Crippen LogP contribution in [0.3, 0.4) is 0 Å². The van der Waals surface area contributed by atoms with E-state index in [2.05, 4.69) is 25.8 Å². The van der Waals surface area contributed by atoms with Gasteiger partial charge in [-0.15, -0.1) is 0 Å². The zero-order valence-electron chi connectivity index (χ0n) is 7.15. The van der Waals surface area contributed by atoms with E-state index < -0.39 is 0 Å². The van der Waals surface area contributed by atoms with Gasteiger partial charge in [0.05, 0.1) is 19.5 Å². The van der Waals surface area contributed by atoms with E-state index in [-0.39, 0.29) is 5.48 Å². The van der Waals surface area contributed by atoms with Crippen molar-refractivity contribution in [2.75, 3.05) is 7.05 Å². The van der Waals surface area contributed by atoms with E-state index in [1.54, 1.807) is 4.90 Å². The fourth-order valence-electron chi connectivity index (χ4n) is 2.11. The molecule has 0 aliphatic carbocycles. The van der Waals surface area contributed by atoms with Gasteiger partial charge in [0.1, 0.15) is 0 Å². The number of rotatable bonds is 0. The summed E-state index contributed by atoms with van der Waals surface area (Å²) in [5.41, 5.74) is 0.308. The smallest absolute Gasteiger partial charge is 0.156 e. The standard InChI is InChI=1S/C9H13N.H2O/c1-9-6-3-4-8(5-7-9)10(9)2;/h8H,4-5,7H2,1-2H3;1H2/t8-,9+;/m1./s1. The summed E-state index contributed by atoms with van der Waals surface area (Å²) in [6.45, 7) is 2.29. The Morgan fingerprint density at radius 2 is 2.27 bits per heavy atom. The van der Waals surface area contributed by atoms with Crippen molar-refractivity contribution in [2.24, 2.45) is 0 Å². The second-order valence-electron chi connectivity index (χ2n) is 3.76. The van der Waals surface area contributed by atoms with Crippen LogP contribution >= 0.6 is 0 Å². The van der Waals surface area contributed by atoms with E-state index in [1.165, 1.54) is 12.8 Å². The van der Waals surface area contributed by atoms with Crippen LogP contribution in [0.5, 0.6) is 0 Å². The van der Waals surface area contributed by atoms with E-state index in [0.717, 1.165) is 12.5 Å². The van der Waals surface area contributed by atoms with Gasteiger partial charge in [-0.05, 0) is 5.92 Å². The third kappa shape index (κ3) is 1.05. The lowest BCUT2D eigenvalue weighted by Gasteiger charge is -2.29. The number of quaternary nitrogens is 1. The predicted molar refractivity (Wildman–Crippen MR) is 42.6 cm³/mol. The molecule has 11 heavy (non-hydrogen) atoms. The van der Waals surface area contributed by atoms with Crippen molar-refractivity contribution in [3.05, 3.63) is 0 Å². The lowest BCUT2D eigenvalue weighted by molar-refractivity contribution is -0.932. The fraction of sp³-hybridized carbons (Fsp3) is 0.778. The molecule has 2 rings (SSSR count). The molecule has 2 nitrogen and oxygen atoms in total. The highest BCUT2D eigenvalue weighted by atomic mass is 16.0. The van der Waals surface area contributed by atoms with Gasteiger partial charge in [0.2, 0.25) is 0 Å². The van der Waals surface area contributed by atoms with Gasteiger partial charge in [-0.3, -0.25) is 0 Å². The first-order chi connectivity index (χ1) is 4.72. The summed E-state index contributed by atoms with van der Waals surface area (Å²) in [6, 6.07) is 0.839. The van der Waals surface area contributed by atoms with Crippen LogP contribution in [0.1, 0.15) is 26.2 Å². The SMILES string of the molecule is C[NH+]1[C@@H]2CC#C[C@@]1(C)CC2.[OH-]. The van der Waals surface area contributed by atoms with Crippen LogP contribution in [0.15, 0.2) is 0 Å². The third-order valence-electron chi connectivity index (χ3n) is 3.19. The van der Waals surface area contributed by atoms with E-state index in [0.29, 0.717) is 5.54 Å². The monoisotopic (exact) mass is 153 g/mol. The van der Waals surface area contributed by atoms with Crippen LogP contribution in [-0.4, -0.2) is 24.1 Å². The minimum Gasteiger partial charge on any atom is -0.870 e. The Morgan fingerprint density at radius 1 is 1.55 bits per heavy atom. The normalized spacial score (nSPS) is 45.6. The minimum absolute atomic E-state index is 0. The summed E-state index contributed by atoms with van der Waals surface area (Å²) in [7, 11) is 2.28. The van der Waals surface area contributed by atoms with Crippen molar-refractivity contribution in [3.63, 3.8) is 0 Å². The first-order valence-corrected chi connectivity index (χ1v) is 4.06. The van der Waals surface area contributed by atoms with Gasteiger partial charge >= 0.3 is 0 Å². The van der Waals surface area contributed by atoms with Crippen LogP contribution in [0.4, 0.5) is 0 Å². The second kappa shape index (κ2) is 2.51. The highest BCUT2D eigenvalue weighted by molar-refractivity contribution is 5.18. The Balaban J connectivity index is 0.000000605. The molecule has 2 bridgehead atoms. The van der Waals surface area contributed by atoms with Crippen molar-refractivity contribution in [3.8, 4) is 11.8 Å². The van der Waals surface area contributed by atoms with Gasteiger partial charge in [-0.25, -0.2) is 0 Å². The van der Waals surface area contributed by atoms with Crippen molar-refractivity contribution in [2.45, 2.75) is 37.8 Å². The number of hydrogen-bond donors (Lipinski definition) is 1. The number of hydrogen-bond acceptors (Lipinski definition) is 1. The highest BCUT2D eigenvalue weighted by Gasteiger charge is 2.44. The Labute approximate surface area is 67.9 Å². The van der Waals surface area contributed by atoms with Crippen LogP contribution in [0, 0.1) is 11.8 Å². The van der Waals surface area contributed by atoms with Crippen molar-refractivity contribution in [1.29, 1.82) is 0 Å². The Morgan fingerprint density at radius 3 is 2.82 bits per heavy atom. The van der Waals surface area contributed by atoms with E-state index >= 15 is 0 Å². The molecule has 1 saturated heterocycles. The van der Waals surface area contributed by atoms with Gasteiger partial charge in [-0.2, -0.15) is 0 Å². The Bertz CT molecular complexity index is 215. The first kappa shape index (κ1) is 8.58. The average Bonchev–Trinajstić information content (AvgIpc) is 2.18. The molecular formula is C9H15NO. The Kier molecular flexibility index (Phi) is 1.96. The van der Waals surface area contributed by atoms with Gasteiger partial charge in [0.25, 0.3) is 0 Å². The molecule has 0 saturated carbocycles. The molecule has 0 aromatic carbocycles. The maximum Gasteiger partial charge on any atom is 0.156 e. The molecule has 1 unspecified atom stereocenters. The van der Waals surface area contributed by atoms with Crippen molar-refractivity contribution >= 4 is 0 Å². The zero-order valence-corrected chi connectivity index (χ0v) is 7.15. The summed E-state index contributed by atoms with van der Waals surface area (Å²) in [5.74, 6) is 6.60. The molecular weight excluding hydrogens is 138 g/mol. The van der Waals surface area contributed by atoms with Gasteiger partial charge in [0.15, 0.2) is 5.54 Å². The largest absolute Gasteiger partial charge is 0.870 e. The molecule has 0 aromatic rings. The van der Waals surface area contributed by atoms with E-state index in [4.69, 9.17) is 0 Å². The molecule has 0 spiro atoms. The van der Waals surface area contributed by atoms with Crippen LogP contribution in [0.2, 0.25) is 0 Å². The highest BCUT2D eigenvalue weighted by Crippen LogP contribution is 2.20. The zero-order chi connectivity index (χ0) is 7.19. The lowest BCUT2D eigenvalue weighted by atomic mass is 10.0. The lowest BCUT2D eigenvalue weighted by Crippen LogP contribution is -3.18. The molecule has 0 aromatic heterocycles. The molecule has 2 heteroatoms. The minimum atomic E-state index is 0. The summed E-state index contributed by atoms with van der Waals surface area (Å²) < 4.78 is 0. The molecule has 62 valence electrons. The maximum atomic E-state index is 3.35. The average molecular weight is 153 g/mol. The van der Waals surface area contributed by atoms with Crippen LogP contribution in [-0.2, 0) is 0 Å². The topological polar surface area (TPSA) is 34.4 Å². The molecule has 2 N–H and O–H groups in total. The second-order valence-corrected chi connectivity index (χ2v) is 3.76.